The van der Waals surface area contributed by atoms with E-state index in [9.17, 15) is 14.7 Å². The number of rotatable bonds is 6. The van der Waals surface area contributed by atoms with E-state index in [0.717, 1.165) is 4.70 Å². The Bertz CT molecular complexity index is 1450. The van der Waals surface area contributed by atoms with E-state index < -0.39 is 17.7 Å². The van der Waals surface area contributed by atoms with E-state index in [1.807, 2.05) is 25.1 Å². The van der Waals surface area contributed by atoms with Gasteiger partial charge in [-0.2, -0.15) is 0 Å². The lowest BCUT2D eigenvalue weighted by Gasteiger charge is -2.22. The molecule has 0 radical (unpaired) electrons. The number of methoxy groups -OCH3 is 1. The molecule has 5 rings (SSSR count). The van der Waals surface area contributed by atoms with Gasteiger partial charge in [0.25, 0.3) is 5.78 Å². The minimum atomic E-state index is -0.891. The molecule has 0 aliphatic carbocycles. The Kier molecular flexibility index (Phi) is 5.92. The fourth-order valence-corrected chi connectivity index (χ4v) is 5.06. The Morgan fingerprint density at radius 2 is 1.89 bits per heavy atom. The summed E-state index contributed by atoms with van der Waals surface area (Å²) in [5.41, 5.74) is 1.62. The molecule has 1 atom stereocenters. The molecule has 4 aromatic rings. The van der Waals surface area contributed by atoms with Crippen LogP contribution in [0.4, 0.5) is 5.13 Å². The fraction of sp³-hybridized carbons (Fsp3) is 0.154. The normalized spacial score (nSPS) is 17.2. The maximum Gasteiger partial charge on any atom is 0.301 e. The molecule has 1 aliphatic heterocycles. The second-order valence-corrected chi connectivity index (χ2v) is 8.75. The zero-order chi connectivity index (χ0) is 24.5. The third kappa shape index (κ3) is 4.00. The third-order valence-electron chi connectivity index (χ3n) is 5.67. The lowest BCUT2D eigenvalue weighted by Crippen LogP contribution is -2.29. The number of anilines is 1. The summed E-state index contributed by atoms with van der Waals surface area (Å²) in [5.74, 6) is -0.534. The number of thiazole rings is 1. The number of benzene rings is 2. The maximum absolute atomic E-state index is 13.3. The topological polar surface area (TPSA) is 102 Å². The van der Waals surface area contributed by atoms with E-state index in [4.69, 9.17) is 9.47 Å². The average molecular weight is 488 g/mol. The van der Waals surface area contributed by atoms with Gasteiger partial charge >= 0.3 is 5.91 Å². The predicted octanol–water partition coefficient (Wildman–Crippen LogP) is 4.72. The molecule has 0 saturated carbocycles. The molecule has 1 amide bonds. The van der Waals surface area contributed by atoms with Crippen LogP contribution in [0.2, 0.25) is 0 Å². The molecule has 35 heavy (non-hydrogen) atoms. The standard InChI is InChI=1S/C26H21N3O5S/c1-3-34-18-10-11-19-20(13-18)35-26(28-19)29-22(16-5-4-12-27-14-16)21(24(31)25(29)32)23(30)15-6-8-17(33-2)9-7-15/h4-14,22,30H,3H2,1-2H3/b23-21+. The van der Waals surface area contributed by atoms with Crippen molar-refractivity contribution in [2.75, 3.05) is 18.6 Å². The largest absolute Gasteiger partial charge is 0.507 e. The van der Waals surface area contributed by atoms with E-state index in [1.165, 1.54) is 23.3 Å². The van der Waals surface area contributed by atoms with Crippen molar-refractivity contribution in [2.45, 2.75) is 13.0 Å². The van der Waals surface area contributed by atoms with Crippen LogP contribution in [0.25, 0.3) is 16.0 Å². The van der Waals surface area contributed by atoms with Crippen LogP contribution in [0.3, 0.4) is 0 Å². The molecular weight excluding hydrogens is 466 g/mol. The van der Waals surface area contributed by atoms with Crippen molar-refractivity contribution in [3.63, 3.8) is 0 Å². The first-order valence-corrected chi connectivity index (χ1v) is 11.7. The lowest BCUT2D eigenvalue weighted by atomic mass is 9.96. The first-order valence-electron chi connectivity index (χ1n) is 10.9. The number of ketones is 1. The molecule has 9 heteroatoms. The number of aromatic nitrogens is 2. The number of carbonyl (C=O) groups excluding carboxylic acids is 2. The highest BCUT2D eigenvalue weighted by molar-refractivity contribution is 7.22. The monoisotopic (exact) mass is 487 g/mol. The van der Waals surface area contributed by atoms with Crippen LogP contribution in [0.5, 0.6) is 11.5 Å². The van der Waals surface area contributed by atoms with Crippen LogP contribution in [0, 0.1) is 0 Å². The number of ether oxygens (including phenoxy) is 2. The minimum absolute atomic E-state index is 0.0255. The second kappa shape index (κ2) is 9.19. The maximum atomic E-state index is 13.3. The molecule has 8 nitrogen and oxygen atoms in total. The van der Waals surface area contributed by atoms with Crippen molar-refractivity contribution >= 4 is 44.1 Å². The van der Waals surface area contributed by atoms with E-state index in [-0.39, 0.29) is 11.3 Å². The second-order valence-electron chi connectivity index (χ2n) is 7.74. The van der Waals surface area contributed by atoms with Crippen molar-refractivity contribution in [3.8, 4) is 11.5 Å². The molecule has 2 aromatic heterocycles. The van der Waals surface area contributed by atoms with Gasteiger partial charge in [0.15, 0.2) is 5.13 Å². The van der Waals surface area contributed by atoms with Crippen LogP contribution in [0.15, 0.2) is 72.6 Å². The Morgan fingerprint density at radius 1 is 1.11 bits per heavy atom. The zero-order valence-electron chi connectivity index (χ0n) is 19.0. The molecule has 1 unspecified atom stereocenters. The van der Waals surface area contributed by atoms with Crippen molar-refractivity contribution in [1.82, 2.24) is 9.97 Å². The van der Waals surface area contributed by atoms with Gasteiger partial charge in [0, 0.05) is 18.0 Å². The molecule has 1 saturated heterocycles. The molecule has 176 valence electrons. The Morgan fingerprint density at radius 3 is 2.57 bits per heavy atom. The van der Waals surface area contributed by atoms with Gasteiger partial charge in [-0.1, -0.05) is 17.4 Å². The van der Waals surface area contributed by atoms with E-state index in [1.54, 1.807) is 48.8 Å². The van der Waals surface area contributed by atoms with Gasteiger partial charge in [-0.3, -0.25) is 19.5 Å². The van der Waals surface area contributed by atoms with E-state index in [0.29, 0.717) is 39.9 Å². The molecule has 0 spiro atoms. The number of fused-ring (bicyclic) bond motifs is 1. The van der Waals surface area contributed by atoms with Crippen LogP contribution in [-0.2, 0) is 9.59 Å². The molecular formula is C26H21N3O5S. The van der Waals surface area contributed by atoms with Crippen molar-refractivity contribution < 1.29 is 24.2 Å². The van der Waals surface area contributed by atoms with Crippen LogP contribution in [-0.4, -0.2) is 40.5 Å². The van der Waals surface area contributed by atoms with Crippen molar-refractivity contribution in [3.05, 3.63) is 83.7 Å². The van der Waals surface area contributed by atoms with Gasteiger partial charge in [0.05, 0.1) is 35.5 Å². The van der Waals surface area contributed by atoms with E-state index in [2.05, 4.69) is 9.97 Å². The molecule has 1 fully saturated rings. The molecule has 1 N–H and O–H groups in total. The number of aliphatic hydroxyl groups is 1. The summed E-state index contributed by atoms with van der Waals surface area (Å²) < 4.78 is 11.6. The highest BCUT2D eigenvalue weighted by Gasteiger charge is 2.48. The van der Waals surface area contributed by atoms with Gasteiger partial charge in [0.2, 0.25) is 0 Å². The quantitative estimate of drug-likeness (QED) is 0.238. The Labute approximate surface area is 205 Å². The van der Waals surface area contributed by atoms with Crippen molar-refractivity contribution in [1.29, 1.82) is 0 Å². The highest BCUT2D eigenvalue weighted by Crippen LogP contribution is 2.44. The number of aliphatic hydroxyl groups excluding tert-OH is 1. The number of carbonyl (C=O) groups is 2. The summed E-state index contributed by atoms with van der Waals surface area (Å²) in [6, 6.07) is 14.7. The number of amides is 1. The van der Waals surface area contributed by atoms with Crippen LogP contribution < -0.4 is 14.4 Å². The number of nitrogens with zero attached hydrogens (tertiary/aromatic N) is 3. The predicted molar refractivity (Wildman–Crippen MR) is 133 cm³/mol. The summed E-state index contributed by atoms with van der Waals surface area (Å²) in [6.07, 6.45) is 3.18. The molecule has 1 aliphatic rings. The Balaban J connectivity index is 1.66. The van der Waals surface area contributed by atoms with Gasteiger partial charge in [-0.25, -0.2) is 4.98 Å². The van der Waals surface area contributed by atoms with Crippen molar-refractivity contribution in [2.24, 2.45) is 0 Å². The fourth-order valence-electron chi connectivity index (χ4n) is 4.04. The van der Waals surface area contributed by atoms with E-state index >= 15 is 0 Å². The first-order chi connectivity index (χ1) is 17.0. The highest BCUT2D eigenvalue weighted by atomic mass is 32.1. The van der Waals surface area contributed by atoms with Gasteiger partial charge in [-0.05, 0) is 61.0 Å². The number of Topliss-reactive ketones (excluding diaryl/α,β-unsaturated/α-hetero) is 1. The van der Waals surface area contributed by atoms with Gasteiger partial charge in [0.1, 0.15) is 17.3 Å². The summed E-state index contributed by atoms with van der Waals surface area (Å²) in [6.45, 7) is 2.43. The summed E-state index contributed by atoms with van der Waals surface area (Å²) in [7, 11) is 1.54. The van der Waals surface area contributed by atoms with Crippen LogP contribution in [0.1, 0.15) is 24.1 Å². The van der Waals surface area contributed by atoms with Crippen LogP contribution >= 0.6 is 11.3 Å². The Hall–Kier alpha value is -4.24. The van der Waals surface area contributed by atoms with Gasteiger partial charge < -0.3 is 14.6 Å². The summed E-state index contributed by atoms with van der Waals surface area (Å²) in [4.78, 5) is 36.7. The minimum Gasteiger partial charge on any atom is -0.507 e. The average Bonchev–Trinajstić information content (AvgIpc) is 3.42. The lowest BCUT2D eigenvalue weighted by molar-refractivity contribution is -0.132. The number of pyridine rings is 1. The molecule has 2 aromatic carbocycles. The first kappa shape index (κ1) is 22.5. The number of hydrogen-bond donors (Lipinski definition) is 1. The smallest absolute Gasteiger partial charge is 0.301 e. The number of hydrogen-bond acceptors (Lipinski definition) is 8. The van der Waals surface area contributed by atoms with Gasteiger partial charge in [-0.15, -0.1) is 0 Å². The zero-order valence-corrected chi connectivity index (χ0v) is 19.8. The summed E-state index contributed by atoms with van der Waals surface area (Å²) >= 11 is 1.27. The third-order valence-corrected chi connectivity index (χ3v) is 6.69. The molecule has 3 heterocycles. The molecule has 0 bridgehead atoms. The SMILES string of the molecule is CCOc1ccc2nc(N3C(=O)C(=O)/C(=C(/O)c4ccc(OC)cc4)C3c3cccnc3)sc2c1. The summed E-state index contributed by atoms with van der Waals surface area (Å²) in [5, 5.41) is 11.5.